The number of ether oxygens (including phenoxy) is 3. The van der Waals surface area contributed by atoms with Crippen LogP contribution in [0, 0.1) is 17.2 Å². The van der Waals surface area contributed by atoms with Gasteiger partial charge in [-0.15, -0.1) is 0 Å². The molecule has 1 aromatic heterocycles. The molecule has 0 radical (unpaired) electrons. The van der Waals surface area contributed by atoms with Crippen LogP contribution in [0.25, 0.3) is 0 Å². The lowest BCUT2D eigenvalue weighted by Crippen LogP contribution is -2.52. The Bertz CT molecular complexity index is 1650. The van der Waals surface area contributed by atoms with Gasteiger partial charge in [0.15, 0.2) is 11.5 Å². The van der Waals surface area contributed by atoms with Crippen LogP contribution in [-0.2, 0) is 16.1 Å². The van der Waals surface area contributed by atoms with Gasteiger partial charge in [-0.2, -0.15) is 5.26 Å². The molecular weight excluding hydrogens is 604 g/mol. The molecule has 3 N–H and O–H groups in total. The van der Waals surface area contributed by atoms with E-state index in [2.05, 4.69) is 20.9 Å². The number of nitriles is 1. The summed E-state index contributed by atoms with van der Waals surface area (Å²) in [6, 6.07) is 13.9. The lowest BCUT2D eigenvalue weighted by atomic mass is 10.0. The van der Waals surface area contributed by atoms with Gasteiger partial charge in [0.1, 0.15) is 29.3 Å². The van der Waals surface area contributed by atoms with Crippen molar-refractivity contribution in [3.8, 4) is 29.1 Å². The summed E-state index contributed by atoms with van der Waals surface area (Å²) in [6.45, 7) is 3.79. The zero-order chi connectivity index (χ0) is 33.9. The Labute approximate surface area is 273 Å². The van der Waals surface area contributed by atoms with Crippen LogP contribution in [0.5, 0.6) is 23.0 Å². The van der Waals surface area contributed by atoms with E-state index >= 15 is 0 Å². The zero-order valence-electron chi connectivity index (χ0n) is 26.8. The van der Waals surface area contributed by atoms with Crippen LogP contribution in [0.4, 0.5) is 0 Å². The average Bonchev–Trinajstić information content (AvgIpc) is 3.08. The van der Waals surface area contributed by atoms with Gasteiger partial charge in [-0.1, -0.05) is 19.9 Å². The van der Waals surface area contributed by atoms with Gasteiger partial charge in [0.05, 0.1) is 38.4 Å². The maximum absolute atomic E-state index is 13.5. The first kappa shape index (κ1) is 34.2. The van der Waals surface area contributed by atoms with Gasteiger partial charge in [0.25, 0.3) is 11.8 Å². The summed E-state index contributed by atoms with van der Waals surface area (Å²) in [4.78, 5) is 58.6. The van der Waals surface area contributed by atoms with E-state index in [4.69, 9.17) is 19.5 Å². The average molecular weight is 643 g/mol. The van der Waals surface area contributed by atoms with Gasteiger partial charge in [-0.25, -0.2) is 4.98 Å². The number of hydrogen-bond acceptors (Lipinski definition) is 9. The molecule has 4 rings (SSSR count). The van der Waals surface area contributed by atoms with Gasteiger partial charge in [-0.3, -0.25) is 19.2 Å². The summed E-state index contributed by atoms with van der Waals surface area (Å²) in [5.41, 5.74) is 1.23. The molecule has 2 aromatic carbocycles. The van der Waals surface area contributed by atoms with Crippen molar-refractivity contribution in [1.29, 1.82) is 5.26 Å². The maximum Gasteiger partial charge on any atom is 0.255 e. The normalized spacial score (nSPS) is 16.4. The number of hydrogen-bond donors (Lipinski definition) is 3. The smallest absolute Gasteiger partial charge is 0.255 e. The topological polar surface area (TPSA) is 172 Å². The van der Waals surface area contributed by atoms with Gasteiger partial charge < -0.3 is 35.1 Å². The van der Waals surface area contributed by atoms with E-state index in [9.17, 15) is 19.2 Å². The molecular formula is C34H38N6O7. The minimum absolute atomic E-state index is 0.00390. The number of methoxy groups -OCH3 is 2. The number of pyridine rings is 1. The Morgan fingerprint density at radius 2 is 1.81 bits per heavy atom. The Balaban J connectivity index is 1.67. The largest absolute Gasteiger partial charge is 0.496 e. The number of fused-ring (bicyclic) bond motifs is 3. The first-order chi connectivity index (χ1) is 22.6. The standard InChI is InChI=1S/C34H38N6O7/c1-21(2)31-33(43)38-19-25-26(45-3)8-7-9-27(25)47-29-16-22(11-13-28(29)46-4)32(42)36-14-5-6-15-40(20-30(41)39-31)34(44)23-10-12-24(17-35)37-18-23/h7-13,16,18,21,31H,5-6,14-15,19-20H2,1-4H3,(H,36,42)(H,38,43)(H,39,41)/t31-/m1/s1. The van der Waals surface area contributed by atoms with E-state index < -0.39 is 23.8 Å². The number of aromatic nitrogens is 1. The molecule has 13 nitrogen and oxygen atoms in total. The highest BCUT2D eigenvalue weighted by molar-refractivity contribution is 5.97. The van der Waals surface area contributed by atoms with Crippen molar-refractivity contribution in [2.24, 2.45) is 5.92 Å². The second-order valence-corrected chi connectivity index (χ2v) is 11.1. The molecule has 1 aliphatic rings. The number of amides is 4. The Morgan fingerprint density at radius 3 is 2.49 bits per heavy atom. The molecule has 3 aromatic rings. The van der Waals surface area contributed by atoms with Crippen molar-refractivity contribution in [1.82, 2.24) is 25.8 Å². The van der Waals surface area contributed by atoms with E-state index in [0.29, 0.717) is 47.8 Å². The monoisotopic (exact) mass is 642 g/mol. The fraction of sp³-hybridized carbons (Fsp3) is 0.353. The predicted molar refractivity (Wildman–Crippen MR) is 171 cm³/mol. The van der Waals surface area contributed by atoms with E-state index in [1.807, 2.05) is 6.07 Å². The van der Waals surface area contributed by atoms with Crippen molar-refractivity contribution in [3.05, 3.63) is 77.1 Å². The van der Waals surface area contributed by atoms with Crippen molar-refractivity contribution in [3.63, 3.8) is 0 Å². The minimum Gasteiger partial charge on any atom is -0.496 e. The van der Waals surface area contributed by atoms with Crippen molar-refractivity contribution < 1.29 is 33.4 Å². The Morgan fingerprint density at radius 1 is 1.02 bits per heavy atom. The quantitative estimate of drug-likeness (QED) is 0.387. The second kappa shape index (κ2) is 16.1. The number of nitrogens with zero attached hydrogens (tertiary/aromatic N) is 3. The summed E-state index contributed by atoms with van der Waals surface area (Å²) in [5.74, 6) is -0.536. The van der Waals surface area contributed by atoms with Crippen LogP contribution in [0.3, 0.4) is 0 Å². The summed E-state index contributed by atoms with van der Waals surface area (Å²) in [5, 5.41) is 17.6. The molecule has 1 atom stereocenters. The van der Waals surface area contributed by atoms with E-state index in [-0.39, 0.29) is 48.5 Å². The van der Waals surface area contributed by atoms with Crippen LogP contribution in [0.1, 0.15) is 58.7 Å². The van der Waals surface area contributed by atoms with Crippen LogP contribution in [-0.4, -0.2) is 73.4 Å². The zero-order valence-corrected chi connectivity index (χ0v) is 26.8. The Hall–Kier alpha value is -5.64. The first-order valence-corrected chi connectivity index (χ1v) is 15.2. The lowest BCUT2D eigenvalue weighted by Gasteiger charge is -2.26. The number of carbonyl (C=O) groups is 4. The molecule has 47 heavy (non-hydrogen) atoms. The van der Waals surface area contributed by atoms with E-state index in [0.717, 1.165) is 0 Å². The molecule has 0 aliphatic carbocycles. The molecule has 0 fully saturated rings. The summed E-state index contributed by atoms with van der Waals surface area (Å²) >= 11 is 0. The highest BCUT2D eigenvalue weighted by atomic mass is 16.5. The van der Waals surface area contributed by atoms with Gasteiger partial charge >= 0.3 is 0 Å². The summed E-state index contributed by atoms with van der Waals surface area (Å²) < 4.78 is 17.3. The van der Waals surface area contributed by atoms with Crippen LogP contribution >= 0.6 is 0 Å². The molecule has 0 saturated heterocycles. The summed E-state index contributed by atoms with van der Waals surface area (Å²) in [7, 11) is 2.99. The number of rotatable bonds is 4. The third-order valence-electron chi connectivity index (χ3n) is 7.55. The van der Waals surface area contributed by atoms with Gasteiger partial charge in [0.2, 0.25) is 11.8 Å². The fourth-order valence-electron chi connectivity index (χ4n) is 4.99. The highest BCUT2D eigenvalue weighted by Gasteiger charge is 2.27. The first-order valence-electron chi connectivity index (χ1n) is 15.2. The number of carbonyl (C=O) groups excluding carboxylic acids is 4. The molecule has 4 amide bonds. The second-order valence-electron chi connectivity index (χ2n) is 11.1. The van der Waals surface area contributed by atoms with E-state index in [1.165, 1.54) is 37.4 Å². The SMILES string of the molecule is COc1ccc2cc1Oc1cccc(OC)c1CNC(=O)[C@@H](C(C)C)NC(=O)CN(C(=O)c1ccc(C#N)nc1)CCCCNC2=O. The van der Waals surface area contributed by atoms with Gasteiger partial charge in [-0.05, 0) is 61.2 Å². The molecule has 13 heteroatoms. The molecule has 0 spiro atoms. The van der Waals surface area contributed by atoms with Gasteiger partial charge in [0, 0.05) is 24.8 Å². The lowest BCUT2D eigenvalue weighted by molar-refractivity contribution is -0.130. The maximum atomic E-state index is 13.5. The minimum atomic E-state index is -0.910. The molecule has 0 unspecified atom stereocenters. The fourth-order valence-corrected chi connectivity index (χ4v) is 4.99. The Kier molecular flexibility index (Phi) is 11.7. The van der Waals surface area contributed by atoms with Crippen molar-refractivity contribution >= 4 is 23.6 Å². The van der Waals surface area contributed by atoms with Crippen LogP contribution < -0.4 is 30.2 Å². The predicted octanol–water partition coefficient (Wildman–Crippen LogP) is 3.19. The molecule has 1 aliphatic heterocycles. The number of nitrogens with one attached hydrogen (secondary N) is 3. The molecule has 246 valence electrons. The van der Waals surface area contributed by atoms with Crippen molar-refractivity contribution in [2.75, 3.05) is 33.9 Å². The van der Waals surface area contributed by atoms with Crippen molar-refractivity contribution in [2.45, 2.75) is 39.3 Å². The third-order valence-corrected chi connectivity index (χ3v) is 7.55. The molecule has 2 heterocycles. The van der Waals surface area contributed by atoms with Crippen LogP contribution in [0.15, 0.2) is 54.7 Å². The van der Waals surface area contributed by atoms with E-state index in [1.54, 1.807) is 50.2 Å². The summed E-state index contributed by atoms with van der Waals surface area (Å²) in [6.07, 6.45) is 2.26. The highest BCUT2D eigenvalue weighted by Crippen LogP contribution is 2.37. The third kappa shape index (κ3) is 8.76. The molecule has 2 bridgehead atoms. The number of benzene rings is 2. The molecule has 0 saturated carbocycles. The van der Waals surface area contributed by atoms with Crippen LogP contribution in [0.2, 0.25) is 0 Å².